The van der Waals surface area contributed by atoms with Crippen LogP contribution in [0.1, 0.15) is 17.5 Å². The van der Waals surface area contributed by atoms with Gasteiger partial charge in [0.1, 0.15) is 6.04 Å². The number of nitrogens with two attached hydrogens (primary N) is 1. The molecule has 0 aliphatic carbocycles. The molecule has 0 aliphatic rings. The standard InChI is InChI=1S/C11H9N5OS/c12-9(7-4-2-1-3-5-7)11-15-14-10(17-11)8-6-18-16-13-8/h1-6,9H,12H2. The van der Waals surface area contributed by atoms with Gasteiger partial charge in [0.15, 0.2) is 5.69 Å². The Balaban J connectivity index is 1.90. The molecule has 2 aromatic heterocycles. The molecule has 90 valence electrons. The molecule has 6 nitrogen and oxygen atoms in total. The normalized spacial score (nSPS) is 12.5. The Labute approximate surface area is 107 Å². The lowest BCUT2D eigenvalue weighted by molar-refractivity contribution is 0.483. The topological polar surface area (TPSA) is 90.7 Å². The highest BCUT2D eigenvalue weighted by atomic mass is 32.1. The summed E-state index contributed by atoms with van der Waals surface area (Å²) in [6.07, 6.45) is 0. The van der Waals surface area contributed by atoms with E-state index in [9.17, 15) is 0 Å². The third-order valence-electron chi connectivity index (χ3n) is 2.44. The van der Waals surface area contributed by atoms with Crippen molar-refractivity contribution in [2.45, 2.75) is 6.04 Å². The maximum Gasteiger partial charge on any atom is 0.269 e. The monoisotopic (exact) mass is 259 g/mol. The van der Waals surface area contributed by atoms with Gasteiger partial charge in [-0.1, -0.05) is 34.8 Å². The van der Waals surface area contributed by atoms with E-state index in [1.165, 1.54) is 11.5 Å². The molecule has 3 aromatic rings. The fourth-order valence-corrected chi connectivity index (χ4v) is 1.95. The highest BCUT2D eigenvalue weighted by Gasteiger charge is 2.17. The molecule has 18 heavy (non-hydrogen) atoms. The zero-order valence-electron chi connectivity index (χ0n) is 9.22. The summed E-state index contributed by atoms with van der Waals surface area (Å²) in [5.74, 6) is 0.703. The van der Waals surface area contributed by atoms with Gasteiger partial charge in [-0.3, -0.25) is 0 Å². The Morgan fingerprint density at radius 1 is 1.11 bits per heavy atom. The first-order chi connectivity index (χ1) is 8.84. The quantitative estimate of drug-likeness (QED) is 0.768. The number of hydrogen-bond donors (Lipinski definition) is 1. The second-order valence-electron chi connectivity index (χ2n) is 3.62. The van der Waals surface area contributed by atoms with Crippen molar-refractivity contribution in [3.05, 3.63) is 47.2 Å². The predicted molar refractivity (Wildman–Crippen MR) is 65.7 cm³/mol. The Hall–Kier alpha value is -2.12. The van der Waals surface area contributed by atoms with Crippen molar-refractivity contribution < 1.29 is 4.42 Å². The fourth-order valence-electron chi connectivity index (χ4n) is 1.52. The molecule has 2 heterocycles. The van der Waals surface area contributed by atoms with Gasteiger partial charge in [0.2, 0.25) is 5.89 Å². The molecular weight excluding hydrogens is 250 g/mol. The second-order valence-corrected chi connectivity index (χ2v) is 4.23. The zero-order chi connectivity index (χ0) is 12.4. The first kappa shape index (κ1) is 11.0. The molecule has 2 N–H and O–H groups in total. The molecule has 0 saturated carbocycles. The van der Waals surface area contributed by atoms with Gasteiger partial charge in [-0.25, -0.2) is 0 Å². The van der Waals surface area contributed by atoms with E-state index >= 15 is 0 Å². The molecule has 1 unspecified atom stereocenters. The number of rotatable bonds is 3. The van der Waals surface area contributed by atoms with Gasteiger partial charge in [0.25, 0.3) is 5.89 Å². The van der Waals surface area contributed by atoms with Gasteiger partial charge in [-0.2, -0.15) is 0 Å². The molecule has 0 fully saturated rings. The van der Waals surface area contributed by atoms with Crippen molar-refractivity contribution in [3.63, 3.8) is 0 Å². The van der Waals surface area contributed by atoms with E-state index in [1.54, 1.807) is 5.38 Å². The van der Waals surface area contributed by atoms with Crippen molar-refractivity contribution in [2.75, 3.05) is 0 Å². The molecule has 3 rings (SSSR count). The Morgan fingerprint density at radius 3 is 2.67 bits per heavy atom. The van der Waals surface area contributed by atoms with Crippen LogP contribution in [0.25, 0.3) is 11.6 Å². The maximum atomic E-state index is 6.05. The smallest absolute Gasteiger partial charge is 0.269 e. The minimum absolute atomic E-state index is 0.338. The molecule has 0 radical (unpaired) electrons. The van der Waals surface area contributed by atoms with Gasteiger partial charge in [-0.15, -0.1) is 15.3 Å². The van der Waals surface area contributed by atoms with Gasteiger partial charge in [0, 0.05) is 5.38 Å². The van der Waals surface area contributed by atoms with E-state index in [1.807, 2.05) is 30.3 Å². The van der Waals surface area contributed by atoms with Gasteiger partial charge >= 0.3 is 0 Å². The minimum atomic E-state index is -0.431. The van der Waals surface area contributed by atoms with Crippen LogP contribution in [0, 0.1) is 0 Å². The molecule has 0 aliphatic heterocycles. The number of benzene rings is 1. The summed E-state index contributed by atoms with van der Waals surface area (Å²) in [7, 11) is 0. The first-order valence-electron chi connectivity index (χ1n) is 5.26. The lowest BCUT2D eigenvalue weighted by atomic mass is 10.1. The van der Waals surface area contributed by atoms with Crippen LogP contribution in [0.15, 0.2) is 40.1 Å². The van der Waals surface area contributed by atoms with Crippen LogP contribution in [0.2, 0.25) is 0 Å². The molecular formula is C11H9N5OS. The average molecular weight is 259 g/mol. The van der Waals surface area contributed by atoms with Crippen LogP contribution in [0.3, 0.4) is 0 Å². The molecule has 0 saturated heterocycles. The van der Waals surface area contributed by atoms with Crippen LogP contribution >= 0.6 is 11.5 Å². The lowest BCUT2D eigenvalue weighted by Crippen LogP contribution is -2.11. The van der Waals surface area contributed by atoms with E-state index in [4.69, 9.17) is 10.2 Å². The van der Waals surface area contributed by atoms with Crippen molar-refractivity contribution >= 4 is 11.5 Å². The van der Waals surface area contributed by atoms with Crippen molar-refractivity contribution in [2.24, 2.45) is 5.73 Å². The van der Waals surface area contributed by atoms with Crippen molar-refractivity contribution in [3.8, 4) is 11.6 Å². The minimum Gasteiger partial charge on any atom is -0.417 e. The summed E-state index contributed by atoms with van der Waals surface area (Å²) in [6.45, 7) is 0. The van der Waals surface area contributed by atoms with Gasteiger partial charge in [-0.05, 0) is 17.1 Å². The Kier molecular flexibility index (Phi) is 2.83. The Morgan fingerprint density at radius 2 is 1.94 bits per heavy atom. The first-order valence-corrected chi connectivity index (χ1v) is 6.09. The van der Waals surface area contributed by atoms with E-state index in [0.29, 0.717) is 17.5 Å². The second kappa shape index (κ2) is 4.63. The number of aromatic nitrogens is 4. The van der Waals surface area contributed by atoms with Crippen molar-refractivity contribution in [1.82, 2.24) is 19.8 Å². The molecule has 0 bridgehead atoms. The van der Waals surface area contributed by atoms with Crippen LogP contribution in [0.5, 0.6) is 0 Å². The molecule has 1 atom stereocenters. The summed E-state index contributed by atoms with van der Waals surface area (Å²) in [6, 6.07) is 9.15. The van der Waals surface area contributed by atoms with Crippen LogP contribution in [-0.2, 0) is 0 Å². The zero-order valence-corrected chi connectivity index (χ0v) is 10.0. The third-order valence-corrected chi connectivity index (χ3v) is 2.95. The highest BCUT2D eigenvalue weighted by molar-refractivity contribution is 7.03. The molecule has 0 spiro atoms. The molecule has 1 aromatic carbocycles. The summed E-state index contributed by atoms with van der Waals surface area (Å²) in [5, 5.41) is 13.5. The number of hydrogen-bond acceptors (Lipinski definition) is 7. The lowest BCUT2D eigenvalue weighted by Gasteiger charge is -2.05. The molecule has 7 heteroatoms. The van der Waals surface area contributed by atoms with E-state index in [0.717, 1.165) is 5.56 Å². The molecule has 0 amide bonds. The maximum absolute atomic E-state index is 6.05. The fraction of sp³-hybridized carbons (Fsp3) is 0.0909. The highest BCUT2D eigenvalue weighted by Crippen LogP contribution is 2.22. The van der Waals surface area contributed by atoms with E-state index in [-0.39, 0.29) is 0 Å². The Bertz CT molecular complexity index is 622. The van der Waals surface area contributed by atoms with Gasteiger partial charge in [0.05, 0.1) is 0 Å². The largest absolute Gasteiger partial charge is 0.417 e. The SMILES string of the molecule is NC(c1ccccc1)c1nnc(-c2csnn2)o1. The predicted octanol–water partition coefficient (Wildman–Crippen LogP) is 1.64. The summed E-state index contributed by atoms with van der Waals surface area (Å²) in [5.41, 5.74) is 7.54. The average Bonchev–Trinajstić information content (AvgIpc) is 3.09. The summed E-state index contributed by atoms with van der Waals surface area (Å²) < 4.78 is 9.24. The van der Waals surface area contributed by atoms with Gasteiger partial charge < -0.3 is 10.2 Å². The van der Waals surface area contributed by atoms with E-state index in [2.05, 4.69) is 19.8 Å². The van der Waals surface area contributed by atoms with Crippen molar-refractivity contribution in [1.29, 1.82) is 0 Å². The summed E-state index contributed by atoms with van der Waals surface area (Å²) >= 11 is 1.23. The van der Waals surface area contributed by atoms with Crippen LogP contribution in [0.4, 0.5) is 0 Å². The van der Waals surface area contributed by atoms with Crippen LogP contribution in [-0.4, -0.2) is 19.8 Å². The van der Waals surface area contributed by atoms with Crippen LogP contribution < -0.4 is 5.73 Å². The third kappa shape index (κ3) is 2.01. The number of nitrogens with zero attached hydrogens (tertiary/aromatic N) is 4. The van der Waals surface area contributed by atoms with E-state index < -0.39 is 6.04 Å². The summed E-state index contributed by atoms with van der Waals surface area (Å²) in [4.78, 5) is 0.